The van der Waals surface area contributed by atoms with Gasteiger partial charge in [-0.2, -0.15) is 0 Å². The average molecular weight is 331 g/mol. The van der Waals surface area contributed by atoms with Crippen molar-refractivity contribution in [1.29, 1.82) is 0 Å². The van der Waals surface area contributed by atoms with Crippen molar-refractivity contribution in [3.8, 4) is 0 Å². The lowest BCUT2D eigenvalue weighted by Crippen LogP contribution is -2.42. The Kier molecular flexibility index (Phi) is 6.79. The smallest absolute Gasteiger partial charge is 0.251 e. The van der Waals surface area contributed by atoms with Gasteiger partial charge in [-0.3, -0.25) is 9.59 Å². The molecule has 5 heteroatoms. The maximum Gasteiger partial charge on any atom is 0.251 e. The molecule has 0 radical (unpaired) electrons. The lowest BCUT2D eigenvalue weighted by molar-refractivity contribution is -0.123. The standard InChI is InChI=1S/C19H29N3O2/c1-21-17(23)13-19(10-3-2-4-11-19)14-22-18(24)16-7-5-15(6-8-16)9-12-20/h5-8H,2-4,9-14,20H2,1H3,(H,21,23)(H,22,24). The number of hydrogen-bond donors (Lipinski definition) is 3. The Balaban J connectivity index is 1.97. The highest BCUT2D eigenvalue weighted by Gasteiger charge is 2.34. The number of nitrogens with two attached hydrogens (primary N) is 1. The van der Waals surface area contributed by atoms with E-state index in [1.807, 2.05) is 24.3 Å². The second kappa shape index (κ2) is 8.83. The lowest BCUT2D eigenvalue weighted by Gasteiger charge is -2.37. The van der Waals surface area contributed by atoms with Crippen molar-refractivity contribution in [1.82, 2.24) is 10.6 Å². The van der Waals surface area contributed by atoms with E-state index in [1.165, 1.54) is 6.42 Å². The van der Waals surface area contributed by atoms with Crippen LogP contribution in [-0.4, -0.2) is 32.0 Å². The van der Waals surface area contributed by atoms with Gasteiger partial charge in [0.1, 0.15) is 0 Å². The van der Waals surface area contributed by atoms with Crippen molar-refractivity contribution in [3.63, 3.8) is 0 Å². The predicted molar refractivity (Wildman–Crippen MR) is 95.7 cm³/mol. The first-order valence-corrected chi connectivity index (χ1v) is 8.86. The maximum absolute atomic E-state index is 12.4. The number of rotatable bonds is 7. The van der Waals surface area contributed by atoms with E-state index in [9.17, 15) is 9.59 Å². The van der Waals surface area contributed by atoms with Crippen LogP contribution in [0.15, 0.2) is 24.3 Å². The highest BCUT2D eigenvalue weighted by Crippen LogP contribution is 2.38. The van der Waals surface area contributed by atoms with Gasteiger partial charge in [-0.05, 0) is 48.9 Å². The molecule has 0 heterocycles. The summed E-state index contributed by atoms with van der Waals surface area (Å²) >= 11 is 0. The molecule has 0 unspecified atom stereocenters. The lowest BCUT2D eigenvalue weighted by atomic mass is 9.71. The van der Waals surface area contributed by atoms with Gasteiger partial charge in [-0.1, -0.05) is 31.4 Å². The van der Waals surface area contributed by atoms with Crippen molar-refractivity contribution < 1.29 is 9.59 Å². The zero-order valence-electron chi connectivity index (χ0n) is 14.6. The van der Waals surface area contributed by atoms with E-state index in [2.05, 4.69) is 10.6 Å². The summed E-state index contributed by atoms with van der Waals surface area (Å²) in [6.45, 7) is 1.16. The van der Waals surface area contributed by atoms with E-state index >= 15 is 0 Å². The zero-order valence-corrected chi connectivity index (χ0v) is 14.6. The summed E-state index contributed by atoms with van der Waals surface area (Å²) in [5, 5.41) is 5.76. The fourth-order valence-corrected chi connectivity index (χ4v) is 3.51. The average Bonchev–Trinajstić information content (AvgIpc) is 2.61. The Morgan fingerprint density at radius 2 is 1.79 bits per heavy atom. The number of carbonyl (C=O) groups is 2. The van der Waals surface area contributed by atoms with E-state index in [4.69, 9.17) is 5.73 Å². The first kappa shape index (κ1) is 18.5. The molecule has 0 bridgehead atoms. The molecule has 0 atom stereocenters. The van der Waals surface area contributed by atoms with Crippen molar-refractivity contribution in [2.75, 3.05) is 20.1 Å². The summed E-state index contributed by atoms with van der Waals surface area (Å²) in [4.78, 5) is 24.3. The van der Waals surface area contributed by atoms with Gasteiger partial charge in [-0.15, -0.1) is 0 Å². The summed E-state index contributed by atoms with van der Waals surface area (Å²) in [5.74, 6) is -0.0200. The predicted octanol–water partition coefficient (Wildman–Crippen LogP) is 2.00. The molecule has 1 aliphatic carbocycles. The summed E-state index contributed by atoms with van der Waals surface area (Å²) in [7, 11) is 1.67. The van der Waals surface area contributed by atoms with Crippen LogP contribution in [0.5, 0.6) is 0 Å². The van der Waals surface area contributed by atoms with Crippen LogP contribution in [-0.2, 0) is 11.2 Å². The summed E-state index contributed by atoms with van der Waals surface area (Å²) in [6.07, 6.45) is 6.76. The molecule has 4 N–H and O–H groups in total. The molecule has 0 aromatic heterocycles. The van der Waals surface area contributed by atoms with Gasteiger partial charge in [0, 0.05) is 25.6 Å². The fourth-order valence-electron chi connectivity index (χ4n) is 3.51. The van der Waals surface area contributed by atoms with Crippen LogP contribution >= 0.6 is 0 Å². The van der Waals surface area contributed by atoms with E-state index in [0.29, 0.717) is 25.1 Å². The van der Waals surface area contributed by atoms with Crippen LogP contribution < -0.4 is 16.4 Å². The van der Waals surface area contributed by atoms with Crippen molar-refractivity contribution in [2.45, 2.75) is 44.9 Å². The van der Waals surface area contributed by atoms with E-state index in [0.717, 1.165) is 37.7 Å². The van der Waals surface area contributed by atoms with E-state index in [-0.39, 0.29) is 17.2 Å². The van der Waals surface area contributed by atoms with Crippen LogP contribution in [0.2, 0.25) is 0 Å². The molecule has 1 aromatic rings. The second-order valence-electron chi connectivity index (χ2n) is 6.83. The molecule has 1 aromatic carbocycles. The molecule has 0 saturated heterocycles. The minimum absolute atomic E-state index is 0.0530. The van der Waals surface area contributed by atoms with Gasteiger partial charge < -0.3 is 16.4 Å². The molecule has 5 nitrogen and oxygen atoms in total. The summed E-state index contributed by atoms with van der Waals surface area (Å²) in [5.41, 5.74) is 7.23. The van der Waals surface area contributed by atoms with Crippen molar-refractivity contribution in [2.24, 2.45) is 11.1 Å². The minimum Gasteiger partial charge on any atom is -0.359 e. The van der Waals surface area contributed by atoms with E-state index < -0.39 is 0 Å². The molecule has 0 aliphatic heterocycles. The molecule has 0 spiro atoms. The second-order valence-corrected chi connectivity index (χ2v) is 6.83. The van der Waals surface area contributed by atoms with Crippen LogP contribution in [0.1, 0.15) is 54.4 Å². The van der Waals surface area contributed by atoms with Gasteiger partial charge in [0.05, 0.1) is 0 Å². The van der Waals surface area contributed by atoms with Crippen LogP contribution in [0.25, 0.3) is 0 Å². The monoisotopic (exact) mass is 331 g/mol. The first-order valence-electron chi connectivity index (χ1n) is 8.86. The molecule has 2 rings (SSSR count). The zero-order chi connectivity index (χ0) is 17.4. The SMILES string of the molecule is CNC(=O)CC1(CNC(=O)c2ccc(CCN)cc2)CCCCC1. The Bertz CT molecular complexity index is 548. The topological polar surface area (TPSA) is 84.2 Å². The maximum atomic E-state index is 12.4. The molecule has 24 heavy (non-hydrogen) atoms. The molecule has 2 amide bonds. The summed E-state index contributed by atoms with van der Waals surface area (Å²) in [6, 6.07) is 7.57. The van der Waals surface area contributed by atoms with Gasteiger partial charge in [-0.25, -0.2) is 0 Å². The number of hydrogen-bond acceptors (Lipinski definition) is 3. The third kappa shape index (κ3) is 5.06. The number of benzene rings is 1. The third-order valence-corrected chi connectivity index (χ3v) is 5.00. The van der Waals surface area contributed by atoms with Crippen LogP contribution in [0.3, 0.4) is 0 Å². The van der Waals surface area contributed by atoms with Crippen LogP contribution in [0.4, 0.5) is 0 Å². The van der Waals surface area contributed by atoms with Crippen molar-refractivity contribution in [3.05, 3.63) is 35.4 Å². The van der Waals surface area contributed by atoms with Gasteiger partial charge >= 0.3 is 0 Å². The van der Waals surface area contributed by atoms with Gasteiger partial charge in [0.15, 0.2) is 0 Å². The van der Waals surface area contributed by atoms with Crippen molar-refractivity contribution >= 4 is 11.8 Å². The number of nitrogens with one attached hydrogen (secondary N) is 2. The first-order chi connectivity index (χ1) is 11.6. The van der Waals surface area contributed by atoms with Crippen LogP contribution in [0, 0.1) is 5.41 Å². The molecular weight excluding hydrogens is 302 g/mol. The Labute approximate surface area is 144 Å². The Morgan fingerprint density at radius 3 is 2.38 bits per heavy atom. The van der Waals surface area contributed by atoms with Gasteiger partial charge in [0.25, 0.3) is 5.91 Å². The van der Waals surface area contributed by atoms with Gasteiger partial charge in [0.2, 0.25) is 5.91 Å². The highest BCUT2D eigenvalue weighted by molar-refractivity contribution is 5.94. The molecular formula is C19H29N3O2. The third-order valence-electron chi connectivity index (χ3n) is 5.00. The Hall–Kier alpha value is -1.88. The molecule has 1 saturated carbocycles. The minimum atomic E-state index is -0.104. The quantitative estimate of drug-likeness (QED) is 0.714. The normalized spacial score (nSPS) is 16.4. The number of carbonyl (C=O) groups excluding carboxylic acids is 2. The molecule has 1 aliphatic rings. The Morgan fingerprint density at radius 1 is 1.12 bits per heavy atom. The molecule has 132 valence electrons. The fraction of sp³-hybridized carbons (Fsp3) is 0.579. The largest absolute Gasteiger partial charge is 0.359 e. The van der Waals surface area contributed by atoms with E-state index in [1.54, 1.807) is 7.05 Å². The highest BCUT2D eigenvalue weighted by atomic mass is 16.2. The molecule has 1 fully saturated rings. The summed E-state index contributed by atoms with van der Waals surface area (Å²) < 4.78 is 0. The number of amides is 2.